The number of hydrogen-bond donors (Lipinski definition) is 1. The van der Waals surface area contributed by atoms with Crippen molar-refractivity contribution in [2.75, 3.05) is 51.2 Å². The molecule has 0 bridgehead atoms. The Morgan fingerprint density at radius 2 is 2.21 bits per heavy atom. The van der Waals surface area contributed by atoms with Crippen LogP contribution in [-0.4, -0.2) is 56.9 Å². The number of esters is 1. The summed E-state index contributed by atoms with van der Waals surface area (Å²) in [6.45, 7) is 1.83. The van der Waals surface area contributed by atoms with Crippen LogP contribution in [-0.2, 0) is 14.3 Å². The van der Waals surface area contributed by atoms with Crippen LogP contribution in [0.25, 0.3) is 0 Å². The monoisotopic (exact) mass is 268 g/mol. The number of carbonyl (C=O) groups is 1. The van der Waals surface area contributed by atoms with Gasteiger partial charge in [0.25, 0.3) is 0 Å². The van der Waals surface area contributed by atoms with Crippen LogP contribution < -0.4 is 10.2 Å². The first-order valence-corrected chi connectivity index (χ1v) is 6.00. The SMILES string of the molecule is COCCNc1cc(N(C)CCC(=O)OC)ncn1. The van der Waals surface area contributed by atoms with Gasteiger partial charge in [0, 0.05) is 33.3 Å². The van der Waals surface area contributed by atoms with E-state index in [-0.39, 0.29) is 5.97 Å². The first kappa shape index (κ1) is 15.2. The molecule has 0 atom stereocenters. The van der Waals surface area contributed by atoms with Gasteiger partial charge in [-0.05, 0) is 0 Å². The summed E-state index contributed by atoms with van der Waals surface area (Å²) in [5.74, 6) is 1.24. The number of rotatable bonds is 8. The predicted molar refractivity (Wildman–Crippen MR) is 72.3 cm³/mol. The van der Waals surface area contributed by atoms with Gasteiger partial charge in [0.15, 0.2) is 0 Å². The minimum atomic E-state index is -0.237. The van der Waals surface area contributed by atoms with Gasteiger partial charge in [-0.3, -0.25) is 4.79 Å². The van der Waals surface area contributed by atoms with Crippen LogP contribution in [0.15, 0.2) is 12.4 Å². The quantitative estimate of drug-likeness (QED) is 0.544. The van der Waals surface area contributed by atoms with Crippen molar-refractivity contribution in [2.45, 2.75) is 6.42 Å². The average molecular weight is 268 g/mol. The Kier molecular flexibility index (Phi) is 6.59. The largest absolute Gasteiger partial charge is 0.469 e. The molecule has 0 spiro atoms. The number of aromatic nitrogens is 2. The molecule has 0 saturated heterocycles. The van der Waals surface area contributed by atoms with Gasteiger partial charge in [-0.1, -0.05) is 0 Å². The van der Waals surface area contributed by atoms with E-state index >= 15 is 0 Å². The topological polar surface area (TPSA) is 76.6 Å². The van der Waals surface area contributed by atoms with E-state index < -0.39 is 0 Å². The van der Waals surface area contributed by atoms with E-state index in [1.165, 1.54) is 13.4 Å². The lowest BCUT2D eigenvalue weighted by Crippen LogP contribution is -2.23. The summed E-state index contributed by atoms with van der Waals surface area (Å²) in [5, 5.41) is 3.12. The Morgan fingerprint density at radius 1 is 1.42 bits per heavy atom. The highest BCUT2D eigenvalue weighted by molar-refractivity contribution is 5.69. The molecule has 0 unspecified atom stereocenters. The molecular formula is C12H20N4O3. The second kappa shape index (κ2) is 8.25. The molecule has 1 heterocycles. The Hall–Kier alpha value is -1.89. The van der Waals surface area contributed by atoms with E-state index in [1.807, 2.05) is 18.0 Å². The molecule has 0 aliphatic heterocycles. The zero-order chi connectivity index (χ0) is 14.1. The molecular weight excluding hydrogens is 248 g/mol. The lowest BCUT2D eigenvalue weighted by molar-refractivity contribution is -0.140. The second-order valence-electron chi connectivity index (χ2n) is 3.93. The number of carbonyl (C=O) groups excluding carboxylic acids is 1. The third-order valence-electron chi connectivity index (χ3n) is 2.54. The van der Waals surface area contributed by atoms with E-state index in [0.717, 1.165) is 11.6 Å². The number of hydrogen-bond acceptors (Lipinski definition) is 7. The van der Waals surface area contributed by atoms with Gasteiger partial charge in [-0.2, -0.15) is 0 Å². The first-order valence-electron chi connectivity index (χ1n) is 6.00. The van der Waals surface area contributed by atoms with Crippen molar-refractivity contribution in [3.8, 4) is 0 Å². The van der Waals surface area contributed by atoms with Crippen molar-refractivity contribution < 1.29 is 14.3 Å². The molecule has 1 N–H and O–H groups in total. The Morgan fingerprint density at radius 3 is 2.89 bits per heavy atom. The number of methoxy groups -OCH3 is 2. The molecule has 106 valence electrons. The van der Waals surface area contributed by atoms with E-state index in [0.29, 0.717) is 26.1 Å². The first-order chi connectivity index (χ1) is 9.17. The highest BCUT2D eigenvalue weighted by atomic mass is 16.5. The van der Waals surface area contributed by atoms with Crippen molar-refractivity contribution in [2.24, 2.45) is 0 Å². The van der Waals surface area contributed by atoms with E-state index in [2.05, 4.69) is 20.0 Å². The van der Waals surface area contributed by atoms with Gasteiger partial charge in [-0.15, -0.1) is 0 Å². The molecule has 7 heteroatoms. The fourth-order valence-corrected chi connectivity index (χ4v) is 1.41. The maximum absolute atomic E-state index is 11.1. The van der Waals surface area contributed by atoms with Gasteiger partial charge in [0.05, 0.1) is 20.1 Å². The van der Waals surface area contributed by atoms with Crippen molar-refractivity contribution in [3.05, 3.63) is 12.4 Å². The van der Waals surface area contributed by atoms with Crippen molar-refractivity contribution in [1.29, 1.82) is 0 Å². The Balaban J connectivity index is 2.52. The molecule has 0 aromatic carbocycles. The predicted octanol–water partition coefficient (Wildman–Crippen LogP) is 0.534. The highest BCUT2D eigenvalue weighted by Gasteiger charge is 2.07. The van der Waals surface area contributed by atoms with Gasteiger partial charge >= 0.3 is 5.97 Å². The van der Waals surface area contributed by atoms with Crippen LogP contribution in [0.3, 0.4) is 0 Å². The molecule has 0 fully saturated rings. The molecule has 1 aromatic rings. The molecule has 0 aliphatic rings. The fourth-order valence-electron chi connectivity index (χ4n) is 1.41. The summed E-state index contributed by atoms with van der Waals surface area (Å²) in [6, 6.07) is 1.83. The lowest BCUT2D eigenvalue weighted by atomic mass is 10.4. The minimum absolute atomic E-state index is 0.237. The van der Waals surface area contributed by atoms with Crippen LogP contribution >= 0.6 is 0 Å². The number of nitrogens with one attached hydrogen (secondary N) is 1. The van der Waals surface area contributed by atoms with Crippen molar-refractivity contribution >= 4 is 17.6 Å². The fraction of sp³-hybridized carbons (Fsp3) is 0.583. The second-order valence-corrected chi connectivity index (χ2v) is 3.93. The smallest absolute Gasteiger partial charge is 0.307 e. The zero-order valence-electron chi connectivity index (χ0n) is 11.5. The van der Waals surface area contributed by atoms with Crippen LogP contribution in [0.1, 0.15) is 6.42 Å². The third kappa shape index (κ3) is 5.52. The van der Waals surface area contributed by atoms with E-state index in [4.69, 9.17) is 4.74 Å². The maximum Gasteiger partial charge on any atom is 0.307 e. The van der Waals surface area contributed by atoms with E-state index in [1.54, 1.807) is 7.11 Å². The molecule has 7 nitrogen and oxygen atoms in total. The standard InChI is InChI=1S/C12H20N4O3/c1-16(6-4-12(17)19-3)11-8-10(14-9-15-11)13-5-7-18-2/h8-9H,4-7H2,1-3H3,(H,13,14,15). The summed E-state index contributed by atoms with van der Waals surface area (Å²) in [4.78, 5) is 21.2. The molecule has 0 saturated carbocycles. The summed E-state index contributed by atoms with van der Waals surface area (Å²) < 4.78 is 9.55. The summed E-state index contributed by atoms with van der Waals surface area (Å²) in [7, 11) is 4.89. The molecule has 0 radical (unpaired) electrons. The summed E-state index contributed by atoms with van der Waals surface area (Å²) in [5.41, 5.74) is 0. The van der Waals surface area contributed by atoms with Gasteiger partial charge in [0.2, 0.25) is 0 Å². The number of ether oxygens (including phenoxy) is 2. The summed E-state index contributed by atoms with van der Waals surface area (Å²) >= 11 is 0. The molecule has 19 heavy (non-hydrogen) atoms. The number of nitrogens with zero attached hydrogens (tertiary/aromatic N) is 3. The van der Waals surface area contributed by atoms with Crippen LogP contribution in [0, 0.1) is 0 Å². The Labute approximate surface area is 112 Å². The van der Waals surface area contributed by atoms with Crippen LogP contribution in [0.4, 0.5) is 11.6 Å². The highest BCUT2D eigenvalue weighted by Crippen LogP contribution is 2.12. The van der Waals surface area contributed by atoms with Gasteiger partial charge < -0.3 is 19.7 Å². The van der Waals surface area contributed by atoms with Crippen LogP contribution in [0.2, 0.25) is 0 Å². The van der Waals surface area contributed by atoms with Crippen molar-refractivity contribution in [3.63, 3.8) is 0 Å². The number of anilines is 2. The molecule has 0 aliphatic carbocycles. The minimum Gasteiger partial charge on any atom is -0.469 e. The molecule has 0 amide bonds. The lowest BCUT2D eigenvalue weighted by Gasteiger charge is -2.17. The molecule has 1 rings (SSSR count). The average Bonchev–Trinajstić information content (AvgIpc) is 2.45. The van der Waals surface area contributed by atoms with Crippen LogP contribution in [0.5, 0.6) is 0 Å². The molecule has 1 aromatic heterocycles. The maximum atomic E-state index is 11.1. The van der Waals surface area contributed by atoms with Crippen molar-refractivity contribution in [1.82, 2.24) is 9.97 Å². The zero-order valence-corrected chi connectivity index (χ0v) is 11.5. The van der Waals surface area contributed by atoms with Gasteiger partial charge in [0.1, 0.15) is 18.0 Å². The van der Waals surface area contributed by atoms with E-state index in [9.17, 15) is 4.79 Å². The summed E-state index contributed by atoms with van der Waals surface area (Å²) in [6.07, 6.45) is 1.81. The third-order valence-corrected chi connectivity index (χ3v) is 2.54. The van der Waals surface area contributed by atoms with Gasteiger partial charge in [-0.25, -0.2) is 9.97 Å². The Bertz CT molecular complexity index is 400. The normalized spacial score (nSPS) is 10.1.